The average molecular weight is 127 g/mol. The zero-order valence-corrected chi connectivity index (χ0v) is 5.89. The van der Waals surface area contributed by atoms with E-state index < -0.39 is 0 Å². The number of carbonyl (C=O) groups is 1. The van der Waals surface area contributed by atoms with Crippen LogP contribution >= 0.6 is 0 Å². The summed E-state index contributed by atoms with van der Waals surface area (Å²) in [7, 11) is 0. The first kappa shape index (κ1) is 6.59. The molecule has 2 nitrogen and oxygen atoms in total. The summed E-state index contributed by atoms with van der Waals surface area (Å²) >= 11 is 0. The van der Waals surface area contributed by atoms with Crippen molar-refractivity contribution >= 4 is 5.91 Å². The Labute approximate surface area is 55.8 Å². The fraction of sp³-hybridized carbons (Fsp3) is 0.857. The zero-order valence-electron chi connectivity index (χ0n) is 5.89. The van der Waals surface area contributed by atoms with Gasteiger partial charge in [0.25, 0.3) is 0 Å². The normalized spacial score (nSPS) is 19.2. The molecule has 0 N–H and O–H groups in total. The van der Waals surface area contributed by atoms with Crippen LogP contribution in [0.2, 0.25) is 0 Å². The Kier molecular flexibility index (Phi) is 2.09. The highest BCUT2D eigenvalue weighted by Gasteiger charge is 2.17. The van der Waals surface area contributed by atoms with Gasteiger partial charge >= 0.3 is 0 Å². The van der Waals surface area contributed by atoms with Crippen molar-refractivity contribution in [2.24, 2.45) is 0 Å². The molecule has 1 heterocycles. The van der Waals surface area contributed by atoms with Crippen LogP contribution in [0.15, 0.2) is 0 Å². The van der Waals surface area contributed by atoms with Gasteiger partial charge in [0.05, 0.1) is 0 Å². The van der Waals surface area contributed by atoms with E-state index in [0.717, 1.165) is 32.4 Å². The molecule has 52 valence electrons. The van der Waals surface area contributed by atoms with Crippen molar-refractivity contribution in [1.82, 2.24) is 4.90 Å². The summed E-state index contributed by atoms with van der Waals surface area (Å²) in [6.45, 7) is 4.05. The van der Waals surface area contributed by atoms with E-state index in [-0.39, 0.29) is 0 Å². The molecule has 9 heavy (non-hydrogen) atoms. The van der Waals surface area contributed by atoms with E-state index in [1.165, 1.54) is 0 Å². The lowest BCUT2D eigenvalue weighted by atomic mass is 10.4. The average Bonchev–Trinajstić information content (AvgIpc) is 2.18. The van der Waals surface area contributed by atoms with Gasteiger partial charge in [-0.25, -0.2) is 0 Å². The maximum Gasteiger partial charge on any atom is 0.222 e. The molecule has 1 amide bonds. The van der Waals surface area contributed by atoms with Crippen LogP contribution in [0.3, 0.4) is 0 Å². The lowest BCUT2D eigenvalue weighted by Crippen LogP contribution is -2.24. The molecular weight excluding hydrogens is 114 g/mol. The predicted octanol–water partition coefficient (Wildman–Crippen LogP) is 1.02. The van der Waals surface area contributed by atoms with E-state index in [9.17, 15) is 4.79 Å². The van der Waals surface area contributed by atoms with Crippen LogP contribution in [0.4, 0.5) is 0 Å². The van der Waals surface area contributed by atoms with Gasteiger partial charge in [0, 0.05) is 19.5 Å². The summed E-state index contributed by atoms with van der Waals surface area (Å²) in [5, 5.41) is 0. The van der Waals surface area contributed by atoms with Gasteiger partial charge in [-0.2, -0.15) is 0 Å². The molecule has 1 aliphatic heterocycles. The zero-order chi connectivity index (χ0) is 6.69. The number of amides is 1. The third kappa shape index (κ3) is 1.44. The molecule has 0 aromatic heterocycles. The van der Waals surface area contributed by atoms with Crippen LogP contribution in [0.25, 0.3) is 0 Å². The Hall–Kier alpha value is -0.530. The van der Waals surface area contributed by atoms with Gasteiger partial charge in [0.2, 0.25) is 5.91 Å². The largest absolute Gasteiger partial charge is 0.343 e. The predicted molar refractivity (Wildman–Crippen MR) is 36.1 cm³/mol. The van der Waals surface area contributed by atoms with Gasteiger partial charge in [-0.05, 0) is 12.8 Å². The molecule has 0 unspecified atom stereocenters. The first-order valence-corrected chi connectivity index (χ1v) is 3.62. The number of rotatable bonds is 2. The van der Waals surface area contributed by atoms with E-state index in [0.29, 0.717) is 5.91 Å². The van der Waals surface area contributed by atoms with Crippen molar-refractivity contribution < 1.29 is 4.79 Å². The van der Waals surface area contributed by atoms with E-state index in [2.05, 4.69) is 6.92 Å². The highest BCUT2D eigenvalue weighted by Crippen LogP contribution is 2.08. The molecule has 0 aromatic rings. The van der Waals surface area contributed by atoms with E-state index in [1.807, 2.05) is 4.90 Å². The second kappa shape index (κ2) is 2.85. The molecule has 0 aliphatic carbocycles. The topological polar surface area (TPSA) is 20.3 Å². The van der Waals surface area contributed by atoms with E-state index >= 15 is 0 Å². The molecule has 0 saturated carbocycles. The minimum atomic E-state index is 0.344. The number of nitrogens with zero attached hydrogens (tertiary/aromatic N) is 1. The van der Waals surface area contributed by atoms with Crippen molar-refractivity contribution in [2.45, 2.75) is 26.2 Å². The minimum absolute atomic E-state index is 0.344. The monoisotopic (exact) mass is 127 g/mol. The van der Waals surface area contributed by atoms with Crippen molar-refractivity contribution in [3.63, 3.8) is 0 Å². The SMILES string of the molecule is CCCN1CCCC1=O. The number of hydrogen-bond acceptors (Lipinski definition) is 1. The number of hydrogen-bond donors (Lipinski definition) is 0. The van der Waals surface area contributed by atoms with Crippen LogP contribution in [-0.4, -0.2) is 23.9 Å². The minimum Gasteiger partial charge on any atom is -0.343 e. The molecule has 0 radical (unpaired) electrons. The van der Waals surface area contributed by atoms with E-state index in [1.54, 1.807) is 0 Å². The third-order valence-electron chi connectivity index (χ3n) is 1.66. The van der Waals surface area contributed by atoms with Gasteiger partial charge in [0.1, 0.15) is 0 Å². The fourth-order valence-electron chi connectivity index (χ4n) is 1.21. The molecule has 0 bridgehead atoms. The van der Waals surface area contributed by atoms with E-state index in [4.69, 9.17) is 0 Å². The Morgan fingerprint density at radius 3 is 2.89 bits per heavy atom. The molecular formula is C7H13NO. The molecule has 2 heteroatoms. The molecule has 0 spiro atoms. The van der Waals surface area contributed by atoms with Gasteiger partial charge in [-0.3, -0.25) is 4.79 Å². The summed E-state index contributed by atoms with van der Waals surface area (Å²) in [6.07, 6.45) is 2.94. The smallest absolute Gasteiger partial charge is 0.222 e. The van der Waals surface area contributed by atoms with Crippen molar-refractivity contribution in [2.75, 3.05) is 13.1 Å². The molecule has 1 saturated heterocycles. The summed E-state index contributed by atoms with van der Waals surface area (Å²) in [4.78, 5) is 12.8. The molecule has 1 aliphatic rings. The Balaban J connectivity index is 2.31. The molecule has 0 aromatic carbocycles. The number of likely N-dealkylation sites (tertiary alicyclic amines) is 1. The van der Waals surface area contributed by atoms with Crippen LogP contribution in [-0.2, 0) is 4.79 Å². The molecule has 0 atom stereocenters. The molecule has 1 fully saturated rings. The standard InChI is InChI=1S/C7H13NO/c1-2-5-8-6-3-4-7(8)9/h2-6H2,1H3. The Morgan fingerprint density at radius 2 is 2.44 bits per heavy atom. The highest BCUT2D eigenvalue weighted by atomic mass is 16.2. The van der Waals surface area contributed by atoms with Crippen molar-refractivity contribution in [3.8, 4) is 0 Å². The van der Waals surface area contributed by atoms with Crippen LogP contribution < -0.4 is 0 Å². The quantitative estimate of drug-likeness (QED) is 0.542. The second-order valence-corrected chi connectivity index (χ2v) is 2.48. The van der Waals surface area contributed by atoms with Crippen LogP contribution in [0.1, 0.15) is 26.2 Å². The summed E-state index contributed by atoms with van der Waals surface area (Å²) in [5.41, 5.74) is 0. The second-order valence-electron chi connectivity index (χ2n) is 2.48. The Bertz CT molecular complexity index is 111. The molecule has 1 rings (SSSR count). The highest BCUT2D eigenvalue weighted by molar-refractivity contribution is 5.77. The Morgan fingerprint density at radius 1 is 1.67 bits per heavy atom. The maximum absolute atomic E-state index is 10.9. The lowest BCUT2D eigenvalue weighted by Gasteiger charge is -2.12. The lowest BCUT2D eigenvalue weighted by molar-refractivity contribution is -0.127. The van der Waals surface area contributed by atoms with Crippen LogP contribution in [0, 0.1) is 0 Å². The van der Waals surface area contributed by atoms with Crippen molar-refractivity contribution in [3.05, 3.63) is 0 Å². The summed E-state index contributed by atoms with van der Waals surface area (Å²) in [6, 6.07) is 0. The first-order chi connectivity index (χ1) is 4.34. The first-order valence-electron chi connectivity index (χ1n) is 3.62. The van der Waals surface area contributed by atoms with Crippen molar-refractivity contribution in [1.29, 1.82) is 0 Å². The van der Waals surface area contributed by atoms with Gasteiger partial charge in [0.15, 0.2) is 0 Å². The number of carbonyl (C=O) groups excluding carboxylic acids is 1. The van der Waals surface area contributed by atoms with Gasteiger partial charge < -0.3 is 4.90 Å². The van der Waals surface area contributed by atoms with Gasteiger partial charge in [-0.1, -0.05) is 6.92 Å². The van der Waals surface area contributed by atoms with Gasteiger partial charge in [-0.15, -0.1) is 0 Å². The fourth-order valence-corrected chi connectivity index (χ4v) is 1.21. The third-order valence-corrected chi connectivity index (χ3v) is 1.66. The van der Waals surface area contributed by atoms with Crippen LogP contribution in [0.5, 0.6) is 0 Å². The maximum atomic E-state index is 10.9. The summed E-state index contributed by atoms with van der Waals surface area (Å²) < 4.78 is 0. The summed E-state index contributed by atoms with van der Waals surface area (Å²) in [5.74, 6) is 0.344.